The van der Waals surface area contributed by atoms with Crippen LogP contribution in [0, 0.1) is 11.3 Å². The molecular formula is C22H15N3O2. The Kier molecular flexibility index (Phi) is 4.38. The predicted octanol–water partition coefficient (Wildman–Crippen LogP) is 3.95. The minimum absolute atomic E-state index is 0.218. The SMILES string of the molecule is N#Cc1cccc(NC(=O)CON=C2c3ccccc3-c3ccccc32)c1. The number of nitrogens with one attached hydrogen (secondary N) is 1. The molecule has 4 rings (SSSR count). The molecule has 1 aliphatic rings. The van der Waals surface area contributed by atoms with E-state index in [-0.39, 0.29) is 12.5 Å². The second-order valence-corrected chi connectivity index (χ2v) is 6.05. The van der Waals surface area contributed by atoms with E-state index in [1.165, 1.54) is 0 Å². The largest absolute Gasteiger partial charge is 0.385 e. The summed E-state index contributed by atoms with van der Waals surface area (Å²) in [6.07, 6.45) is 0. The van der Waals surface area contributed by atoms with Crippen molar-refractivity contribution in [2.45, 2.75) is 0 Å². The van der Waals surface area contributed by atoms with Gasteiger partial charge in [0.05, 0.1) is 11.6 Å². The molecule has 0 heterocycles. The first-order chi connectivity index (χ1) is 13.3. The van der Waals surface area contributed by atoms with Crippen molar-refractivity contribution in [3.8, 4) is 17.2 Å². The summed E-state index contributed by atoms with van der Waals surface area (Å²) in [7, 11) is 0. The van der Waals surface area contributed by atoms with E-state index in [1.54, 1.807) is 24.3 Å². The van der Waals surface area contributed by atoms with Gasteiger partial charge in [0.25, 0.3) is 5.91 Å². The maximum Gasteiger partial charge on any atom is 0.265 e. The average Bonchev–Trinajstić information content (AvgIpc) is 3.02. The fourth-order valence-electron chi connectivity index (χ4n) is 3.11. The van der Waals surface area contributed by atoms with Crippen molar-refractivity contribution in [1.29, 1.82) is 5.26 Å². The Morgan fingerprint density at radius 1 is 0.926 bits per heavy atom. The Labute approximate surface area is 156 Å². The molecule has 0 saturated heterocycles. The first-order valence-electron chi connectivity index (χ1n) is 8.45. The van der Waals surface area contributed by atoms with Gasteiger partial charge in [-0.2, -0.15) is 5.26 Å². The normalized spacial score (nSPS) is 11.1. The second-order valence-electron chi connectivity index (χ2n) is 6.05. The fraction of sp³-hybridized carbons (Fsp3) is 0.0455. The monoisotopic (exact) mass is 353 g/mol. The van der Waals surface area contributed by atoms with Gasteiger partial charge in [-0.1, -0.05) is 59.8 Å². The zero-order valence-electron chi connectivity index (χ0n) is 14.3. The van der Waals surface area contributed by atoms with E-state index in [4.69, 9.17) is 10.1 Å². The molecule has 3 aromatic rings. The van der Waals surface area contributed by atoms with Gasteiger partial charge < -0.3 is 10.2 Å². The Balaban J connectivity index is 1.49. The van der Waals surface area contributed by atoms with Gasteiger partial charge in [-0.25, -0.2) is 0 Å². The summed E-state index contributed by atoms with van der Waals surface area (Å²) in [4.78, 5) is 17.4. The van der Waals surface area contributed by atoms with E-state index in [1.807, 2.05) is 54.6 Å². The molecule has 3 aromatic carbocycles. The topological polar surface area (TPSA) is 74.5 Å². The molecule has 0 aliphatic heterocycles. The van der Waals surface area contributed by atoms with E-state index in [2.05, 4.69) is 10.5 Å². The number of anilines is 1. The van der Waals surface area contributed by atoms with E-state index in [0.29, 0.717) is 11.3 Å². The number of oxime groups is 1. The standard InChI is InChI=1S/C22H15N3O2/c23-13-15-6-5-7-16(12-15)24-21(26)14-27-25-22-19-10-3-1-8-17(19)18-9-2-4-11-20(18)22/h1-12H,14H2,(H,24,26). The second kappa shape index (κ2) is 7.14. The number of fused-ring (bicyclic) bond motifs is 3. The van der Waals surface area contributed by atoms with Crippen LogP contribution in [0.2, 0.25) is 0 Å². The van der Waals surface area contributed by atoms with Crippen molar-refractivity contribution in [3.05, 3.63) is 89.5 Å². The van der Waals surface area contributed by atoms with Crippen LogP contribution in [-0.4, -0.2) is 18.2 Å². The summed E-state index contributed by atoms with van der Waals surface area (Å²) >= 11 is 0. The molecule has 130 valence electrons. The third-order valence-corrected chi connectivity index (χ3v) is 4.28. The highest BCUT2D eigenvalue weighted by Crippen LogP contribution is 2.36. The lowest BCUT2D eigenvalue weighted by molar-refractivity contribution is -0.120. The first-order valence-corrected chi connectivity index (χ1v) is 8.45. The van der Waals surface area contributed by atoms with Crippen molar-refractivity contribution < 1.29 is 9.63 Å². The van der Waals surface area contributed by atoms with Gasteiger partial charge >= 0.3 is 0 Å². The lowest BCUT2D eigenvalue weighted by Gasteiger charge is -2.05. The fourth-order valence-corrected chi connectivity index (χ4v) is 3.11. The smallest absolute Gasteiger partial charge is 0.265 e. The van der Waals surface area contributed by atoms with Crippen LogP contribution in [0.1, 0.15) is 16.7 Å². The average molecular weight is 353 g/mol. The highest BCUT2D eigenvalue weighted by molar-refractivity contribution is 6.24. The lowest BCUT2D eigenvalue weighted by atomic mass is 10.1. The molecule has 0 fully saturated rings. The zero-order valence-corrected chi connectivity index (χ0v) is 14.3. The van der Waals surface area contributed by atoms with Crippen LogP contribution in [0.15, 0.2) is 78.0 Å². The lowest BCUT2D eigenvalue weighted by Crippen LogP contribution is -2.17. The molecular weight excluding hydrogens is 338 g/mol. The number of amides is 1. The summed E-state index contributed by atoms with van der Waals surface area (Å²) in [5.41, 5.74) is 5.93. The number of hydrogen-bond donors (Lipinski definition) is 1. The first kappa shape index (κ1) is 16.6. The summed E-state index contributed by atoms with van der Waals surface area (Å²) in [6.45, 7) is -0.218. The van der Waals surface area contributed by atoms with E-state index < -0.39 is 0 Å². The number of carbonyl (C=O) groups is 1. The third-order valence-electron chi connectivity index (χ3n) is 4.28. The molecule has 5 heteroatoms. The molecule has 27 heavy (non-hydrogen) atoms. The van der Waals surface area contributed by atoms with Crippen LogP contribution < -0.4 is 5.32 Å². The summed E-state index contributed by atoms with van der Waals surface area (Å²) < 4.78 is 0. The van der Waals surface area contributed by atoms with Crippen molar-refractivity contribution in [3.63, 3.8) is 0 Å². The number of benzene rings is 3. The number of hydrogen-bond acceptors (Lipinski definition) is 4. The molecule has 0 unspecified atom stereocenters. The van der Waals surface area contributed by atoms with Crippen LogP contribution in [0.5, 0.6) is 0 Å². The maximum absolute atomic E-state index is 12.1. The van der Waals surface area contributed by atoms with Gasteiger partial charge in [0, 0.05) is 16.8 Å². The van der Waals surface area contributed by atoms with Crippen molar-refractivity contribution in [2.75, 3.05) is 11.9 Å². The van der Waals surface area contributed by atoms with Crippen molar-refractivity contribution in [2.24, 2.45) is 5.16 Å². The Bertz CT molecular complexity index is 1050. The van der Waals surface area contributed by atoms with E-state index >= 15 is 0 Å². The van der Waals surface area contributed by atoms with Gasteiger partial charge in [0.2, 0.25) is 0 Å². The number of nitriles is 1. The minimum atomic E-state index is -0.339. The molecule has 0 atom stereocenters. The highest BCUT2D eigenvalue weighted by atomic mass is 16.6. The molecule has 0 saturated carbocycles. The van der Waals surface area contributed by atoms with E-state index in [0.717, 1.165) is 28.0 Å². The van der Waals surface area contributed by atoms with Gasteiger partial charge in [0.1, 0.15) is 5.71 Å². The third kappa shape index (κ3) is 3.29. The number of nitrogens with zero attached hydrogens (tertiary/aromatic N) is 2. The van der Waals surface area contributed by atoms with Crippen LogP contribution in [0.3, 0.4) is 0 Å². The minimum Gasteiger partial charge on any atom is -0.385 e. The van der Waals surface area contributed by atoms with Crippen LogP contribution in [0.4, 0.5) is 5.69 Å². The molecule has 0 radical (unpaired) electrons. The Morgan fingerprint density at radius 2 is 1.56 bits per heavy atom. The summed E-state index contributed by atoms with van der Waals surface area (Å²) in [6, 6.07) is 24.7. The molecule has 0 bridgehead atoms. The maximum atomic E-state index is 12.1. The Morgan fingerprint density at radius 3 is 2.19 bits per heavy atom. The quantitative estimate of drug-likeness (QED) is 0.565. The number of carbonyl (C=O) groups excluding carboxylic acids is 1. The van der Waals surface area contributed by atoms with Gasteiger partial charge in [0.15, 0.2) is 6.61 Å². The zero-order chi connectivity index (χ0) is 18.6. The van der Waals surface area contributed by atoms with Crippen molar-refractivity contribution >= 4 is 17.3 Å². The van der Waals surface area contributed by atoms with Gasteiger partial charge in [-0.05, 0) is 29.3 Å². The van der Waals surface area contributed by atoms with Crippen LogP contribution in [-0.2, 0) is 9.63 Å². The molecule has 1 amide bonds. The molecule has 0 spiro atoms. The molecule has 1 aliphatic carbocycles. The molecule has 1 N–H and O–H groups in total. The number of rotatable bonds is 4. The highest BCUT2D eigenvalue weighted by Gasteiger charge is 2.24. The van der Waals surface area contributed by atoms with Crippen molar-refractivity contribution in [1.82, 2.24) is 0 Å². The van der Waals surface area contributed by atoms with E-state index in [9.17, 15) is 4.79 Å². The van der Waals surface area contributed by atoms with Gasteiger partial charge in [-0.15, -0.1) is 0 Å². The Hall–Kier alpha value is -3.91. The summed E-state index contributed by atoms with van der Waals surface area (Å²) in [5.74, 6) is -0.339. The van der Waals surface area contributed by atoms with Gasteiger partial charge in [-0.3, -0.25) is 4.79 Å². The van der Waals surface area contributed by atoms with Crippen LogP contribution in [0.25, 0.3) is 11.1 Å². The van der Waals surface area contributed by atoms with Crippen LogP contribution >= 0.6 is 0 Å². The predicted molar refractivity (Wildman–Crippen MR) is 103 cm³/mol. The molecule has 5 nitrogen and oxygen atoms in total. The summed E-state index contributed by atoms with van der Waals surface area (Å²) in [5, 5.41) is 15.8. The molecule has 0 aromatic heterocycles.